The van der Waals surface area contributed by atoms with E-state index in [2.05, 4.69) is 32.2 Å². The topological polar surface area (TPSA) is 54.3 Å². The minimum Gasteiger partial charge on any atom is -0.382 e. The van der Waals surface area contributed by atoms with Gasteiger partial charge in [0.2, 0.25) is 0 Å². The fourth-order valence-electron chi connectivity index (χ4n) is 2.83. The number of benzene rings is 1. The smallest absolute Gasteiger partial charge is 0.185 e. The van der Waals surface area contributed by atoms with E-state index in [1.54, 1.807) is 0 Å². The third kappa shape index (κ3) is 14.1. The molecule has 2 unspecified atom stereocenters. The van der Waals surface area contributed by atoms with Crippen LogP contribution in [-0.4, -0.2) is 25.9 Å². The Morgan fingerprint density at radius 3 is 2.03 bits per heavy atom. The van der Waals surface area contributed by atoms with E-state index in [1.165, 1.54) is 6.42 Å². The van der Waals surface area contributed by atoms with Gasteiger partial charge in [-0.05, 0) is 51.2 Å². The van der Waals surface area contributed by atoms with Crippen LogP contribution >= 0.6 is 0 Å². The first-order chi connectivity index (χ1) is 15.0. The van der Waals surface area contributed by atoms with Crippen LogP contribution in [0.15, 0.2) is 18.2 Å². The molecule has 1 aromatic carbocycles. The zero-order chi connectivity index (χ0) is 24.1. The fourth-order valence-corrected chi connectivity index (χ4v) is 2.83. The van der Waals surface area contributed by atoms with E-state index in [9.17, 15) is 9.65 Å². The highest BCUT2D eigenvalue weighted by Gasteiger charge is 2.17. The van der Waals surface area contributed by atoms with Gasteiger partial charge in [0, 0.05) is 30.5 Å². The van der Waals surface area contributed by atoms with E-state index in [-0.39, 0.29) is 6.67 Å². The number of nitrogens with zero attached hydrogens (tertiary/aromatic N) is 1. The summed E-state index contributed by atoms with van der Waals surface area (Å²) in [4.78, 5) is 0. The van der Waals surface area contributed by atoms with Gasteiger partial charge < -0.3 is 14.8 Å². The molecule has 1 N–H and O–H groups in total. The summed E-state index contributed by atoms with van der Waals surface area (Å²) in [7, 11) is 0. The van der Waals surface area contributed by atoms with E-state index in [1.807, 2.05) is 52.8 Å². The molecule has 0 heterocycles. The Labute approximate surface area is 191 Å². The van der Waals surface area contributed by atoms with Crippen LogP contribution in [0, 0.1) is 17.2 Å². The number of ether oxygens (including phenoxy) is 2. The lowest BCUT2D eigenvalue weighted by atomic mass is 9.97. The molecule has 0 aliphatic heterocycles. The lowest BCUT2D eigenvalue weighted by Crippen LogP contribution is -2.21. The van der Waals surface area contributed by atoms with Crippen LogP contribution in [0.3, 0.4) is 0 Å². The first kappa shape index (κ1) is 31.5. The maximum Gasteiger partial charge on any atom is 0.185 e. The Balaban J connectivity index is 0. The number of alkyl halides is 1. The summed E-state index contributed by atoms with van der Waals surface area (Å²) in [6, 6.07) is 8.55. The molecule has 0 radical (unpaired) electrons. The van der Waals surface area contributed by atoms with Gasteiger partial charge in [0.1, 0.15) is 0 Å². The monoisotopic (exact) mass is 438 g/mol. The standard InChI is InChI=1S/C20H32N2O2.C4H9F.C2H6/c1-6-15(5)12-17(7-2)22-18-10-11-19(16(13-18)14-21)20(23-8-3)24-9-4;1-2-3-4-5;1-2/h10-11,13,15,17,20,22H,6-9,12H2,1-5H3;2-4H2,1H3;1-2H3. The number of anilines is 1. The summed E-state index contributed by atoms with van der Waals surface area (Å²) in [5.41, 5.74) is 2.38. The molecule has 0 aliphatic rings. The highest BCUT2D eigenvalue weighted by Crippen LogP contribution is 2.26. The number of halogens is 1. The van der Waals surface area contributed by atoms with Gasteiger partial charge in [0.05, 0.1) is 18.3 Å². The summed E-state index contributed by atoms with van der Waals surface area (Å²) in [5, 5.41) is 13.1. The molecule has 5 heteroatoms. The van der Waals surface area contributed by atoms with Crippen molar-refractivity contribution in [3.63, 3.8) is 0 Å². The minimum atomic E-state index is -0.481. The van der Waals surface area contributed by atoms with Crippen molar-refractivity contribution in [2.75, 3.05) is 25.2 Å². The Kier molecular flexibility index (Phi) is 22.0. The Morgan fingerprint density at radius 1 is 1.03 bits per heavy atom. The summed E-state index contributed by atoms with van der Waals surface area (Å²) in [6.07, 6.45) is 4.60. The van der Waals surface area contributed by atoms with Gasteiger partial charge in [-0.1, -0.05) is 60.5 Å². The number of nitrogens with one attached hydrogen (secondary N) is 1. The highest BCUT2D eigenvalue weighted by molar-refractivity contribution is 5.53. The molecule has 31 heavy (non-hydrogen) atoms. The number of rotatable bonds is 13. The number of hydrogen-bond acceptors (Lipinski definition) is 4. The van der Waals surface area contributed by atoms with Crippen molar-refractivity contribution in [3.05, 3.63) is 29.3 Å². The molecule has 0 amide bonds. The lowest BCUT2D eigenvalue weighted by Gasteiger charge is -2.23. The average molecular weight is 439 g/mol. The van der Waals surface area contributed by atoms with E-state index < -0.39 is 6.29 Å². The van der Waals surface area contributed by atoms with Gasteiger partial charge in [-0.2, -0.15) is 5.26 Å². The molecule has 1 rings (SSSR count). The van der Waals surface area contributed by atoms with Crippen LogP contribution in [0.5, 0.6) is 0 Å². The molecular formula is C26H47FN2O2. The summed E-state index contributed by atoms with van der Waals surface area (Å²) in [5.74, 6) is 0.692. The summed E-state index contributed by atoms with van der Waals surface area (Å²) >= 11 is 0. The van der Waals surface area contributed by atoms with Crippen LogP contribution in [0.2, 0.25) is 0 Å². The second-order valence-corrected chi connectivity index (χ2v) is 7.20. The van der Waals surface area contributed by atoms with E-state index in [0.29, 0.717) is 30.7 Å². The normalized spacial score (nSPS) is 12.0. The number of nitriles is 1. The second kappa shape index (κ2) is 21.6. The van der Waals surface area contributed by atoms with Gasteiger partial charge >= 0.3 is 0 Å². The first-order valence-electron chi connectivity index (χ1n) is 12.1. The van der Waals surface area contributed by atoms with Gasteiger partial charge in [-0.15, -0.1) is 0 Å². The van der Waals surface area contributed by atoms with Crippen LogP contribution in [0.1, 0.15) is 105 Å². The Bertz CT molecular complexity index is 567. The average Bonchev–Trinajstić information content (AvgIpc) is 2.80. The summed E-state index contributed by atoms with van der Waals surface area (Å²) in [6.45, 7) is 17.5. The van der Waals surface area contributed by atoms with E-state index in [0.717, 1.165) is 36.9 Å². The molecule has 0 spiro atoms. The van der Waals surface area contributed by atoms with Crippen LogP contribution in [0.4, 0.5) is 10.1 Å². The first-order valence-corrected chi connectivity index (χ1v) is 12.1. The molecule has 1 aromatic rings. The number of hydrogen-bond donors (Lipinski definition) is 1. The third-order valence-electron chi connectivity index (χ3n) is 4.80. The Hall–Kier alpha value is -1.64. The zero-order valence-electron chi connectivity index (χ0n) is 21.3. The van der Waals surface area contributed by atoms with Crippen molar-refractivity contribution in [2.45, 2.75) is 99.8 Å². The fraction of sp³-hybridized carbons (Fsp3) is 0.731. The maximum absolute atomic E-state index is 11.0. The van der Waals surface area contributed by atoms with E-state index >= 15 is 0 Å². The van der Waals surface area contributed by atoms with Gasteiger partial charge in [-0.25, -0.2) is 0 Å². The van der Waals surface area contributed by atoms with Crippen LogP contribution < -0.4 is 5.32 Å². The molecule has 2 atom stereocenters. The molecule has 0 saturated heterocycles. The van der Waals surface area contributed by atoms with Crippen molar-refractivity contribution >= 4 is 5.69 Å². The molecule has 0 aromatic heterocycles. The van der Waals surface area contributed by atoms with Gasteiger partial charge in [-0.3, -0.25) is 4.39 Å². The molecule has 180 valence electrons. The van der Waals surface area contributed by atoms with Gasteiger partial charge in [0.15, 0.2) is 6.29 Å². The quantitative estimate of drug-likeness (QED) is 0.317. The Morgan fingerprint density at radius 2 is 1.65 bits per heavy atom. The van der Waals surface area contributed by atoms with E-state index in [4.69, 9.17) is 9.47 Å². The molecule has 0 fully saturated rings. The molecule has 4 nitrogen and oxygen atoms in total. The molecule has 0 aliphatic carbocycles. The highest BCUT2D eigenvalue weighted by atomic mass is 19.1. The van der Waals surface area contributed by atoms with Crippen molar-refractivity contribution in [1.82, 2.24) is 0 Å². The van der Waals surface area contributed by atoms with Crippen molar-refractivity contribution < 1.29 is 13.9 Å². The summed E-state index contributed by atoms with van der Waals surface area (Å²) < 4.78 is 22.2. The predicted octanol–water partition coefficient (Wildman–Crippen LogP) is 8.04. The largest absolute Gasteiger partial charge is 0.382 e. The molecular weight excluding hydrogens is 391 g/mol. The predicted molar refractivity (Wildman–Crippen MR) is 131 cm³/mol. The molecule has 0 saturated carbocycles. The lowest BCUT2D eigenvalue weighted by molar-refractivity contribution is -0.140. The maximum atomic E-state index is 11.0. The molecule has 0 bridgehead atoms. The van der Waals surface area contributed by atoms with Crippen molar-refractivity contribution in [1.29, 1.82) is 5.26 Å². The van der Waals surface area contributed by atoms with Crippen molar-refractivity contribution in [2.24, 2.45) is 5.92 Å². The van der Waals surface area contributed by atoms with Gasteiger partial charge in [0.25, 0.3) is 0 Å². The minimum absolute atomic E-state index is 0.156. The van der Waals surface area contributed by atoms with Crippen molar-refractivity contribution in [3.8, 4) is 6.07 Å². The second-order valence-electron chi connectivity index (χ2n) is 7.20. The number of unbranched alkanes of at least 4 members (excludes halogenated alkanes) is 1. The van der Waals surface area contributed by atoms with Crippen LogP contribution in [-0.2, 0) is 9.47 Å². The third-order valence-corrected chi connectivity index (χ3v) is 4.80. The van der Waals surface area contributed by atoms with Crippen LogP contribution in [0.25, 0.3) is 0 Å². The SMILES string of the molecule is CC.CCCCF.CCOC(OCC)c1ccc(NC(CC)CC(C)CC)cc1C#N. The zero-order valence-corrected chi connectivity index (χ0v) is 21.3.